The van der Waals surface area contributed by atoms with Gasteiger partial charge in [0.25, 0.3) is 0 Å². The van der Waals surface area contributed by atoms with E-state index in [4.69, 9.17) is 0 Å². The SMILES string of the molecule is CCN(Cc1cccs1)c1ncncc1I. The Bertz CT molecular complexity index is 444. The van der Waals surface area contributed by atoms with E-state index >= 15 is 0 Å². The first-order valence-electron chi connectivity index (χ1n) is 5.04. The van der Waals surface area contributed by atoms with E-state index in [2.05, 4.69) is 61.9 Å². The molecule has 0 fully saturated rings. The molecule has 2 aromatic rings. The van der Waals surface area contributed by atoms with Gasteiger partial charge in [-0.2, -0.15) is 0 Å². The second-order valence-electron chi connectivity index (χ2n) is 3.29. The molecule has 0 N–H and O–H groups in total. The number of anilines is 1. The molecule has 0 atom stereocenters. The molecule has 0 saturated heterocycles. The van der Waals surface area contributed by atoms with Gasteiger partial charge < -0.3 is 4.90 Å². The summed E-state index contributed by atoms with van der Waals surface area (Å²) in [5.41, 5.74) is 0. The number of nitrogens with zero attached hydrogens (tertiary/aromatic N) is 3. The summed E-state index contributed by atoms with van der Waals surface area (Å²) in [4.78, 5) is 12.0. The second kappa shape index (κ2) is 5.58. The van der Waals surface area contributed by atoms with Gasteiger partial charge in [-0.15, -0.1) is 11.3 Å². The molecule has 0 aliphatic carbocycles. The van der Waals surface area contributed by atoms with Gasteiger partial charge in [0.1, 0.15) is 12.1 Å². The van der Waals surface area contributed by atoms with Gasteiger partial charge in [-0.05, 0) is 41.0 Å². The molecule has 2 rings (SSSR count). The maximum Gasteiger partial charge on any atom is 0.145 e. The van der Waals surface area contributed by atoms with E-state index in [0.717, 1.165) is 22.5 Å². The molecule has 0 spiro atoms. The standard InChI is InChI=1S/C11H12IN3S/c1-2-15(7-9-4-3-5-16-9)11-10(12)6-13-8-14-11/h3-6,8H,2,7H2,1H3. The minimum absolute atomic E-state index is 0.918. The van der Waals surface area contributed by atoms with Crippen molar-refractivity contribution >= 4 is 39.7 Å². The van der Waals surface area contributed by atoms with E-state index in [1.165, 1.54) is 4.88 Å². The molecule has 0 saturated carbocycles. The zero-order valence-electron chi connectivity index (χ0n) is 8.93. The monoisotopic (exact) mass is 345 g/mol. The lowest BCUT2D eigenvalue weighted by atomic mass is 10.4. The number of thiophene rings is 1. The molecule has 0 aromatic carbocycles. The maximum absolute atomic E-state index is 4.34. The molecule has 5 heteroatoms. The molecular formula is C11H12IN3S. The van der Waals surface area contributed by atoms with Crippen LogP contribution in [0.2, 0.25) is 0 Å². The van der Waals surface area contributed by atoms with E-state index in [0.29, 0.717) is 0 Å². The molecule has 0 aliphatic heterocycles. The van der Waals surface area contributed by atoms with Crippen LogP contribution in [0.4, 0.5) is 5.82 Å². The van der Waals surface area contributed by atoms with E-state index in [1.807, 2.05) is 6.20 Å². The Morgan fingerprint density at radius 2 is 2.38 bits per heavy atom. The van der Waals surface area contributed by atoms with Crippen LogP contribution in [0.1, 0.15) is 11.8 Å². The van der Waals surface area contributed by atoms with Crippen LogP contribution in [0.15, 0.2) is 30.0 Å². The summed E-state index contributed by atoms with van der Waals surface area (Å²) in [5, 5.41) is 2.11. The van der Waals surface area contributed by atoms with E-state index in [1.54, 1.807) is 17.7 Å². The minimum Gasteiger partial charge on any atom is -0.351 e. The lowest BCUT2D eigenvalue weighted by molar-refractivity contribution is 0.815. The third-order valence-corrected chi connectivity index (χ3v) is 3.88. The van der Waals surface area contributed by atoms with Crippen molar-refractivity contribution in [3.8, 4) is 0 Å². The highest BCUT2D eigenvalue weighted by Gasteiger charge is 2.10. The Hall–Kier alpha value is -0.690. The molecule has 0 amide bonds. The van der Waals surface area contributed by atoms with Crippen molar-refractivity contribution in [2.75, 3.05) is 11.4 Å². The molecule has 0 unspecified atom stereocenters. The van der Waals surface area contributed by atoms with Gasteiger partial charge in [0.15, 0.2) is 0 Å². The molecule has 3 nitrogen and oxygen atoms in total. The molecule has 0 aliphatic rings. The van der Waals surface area contributed by atoms with Crippen molar-refractivity contribution in [2.45, 2.75) is 13.5 Å². The zero-order valence-corrected chi connectivity index (χ0v) is 11.9. The highest BCUT2D eigenvalue weighted by atomic mass is 127. The molecule has 2 heterocycles. The summed E-state index contributed by atoms with van der Waals surface area (Å²) in [7, 11) is 0. The summed E-state index contributed by atoms with van der Waals surface area (Å²) < 4.78 is 1.10. The van der Waals surface area contributed by atoms with Crippen molar-refractivity contribution in [1.29, 1.82) is 0 Å². The average molecular weight is 345 g/mol. The van der Waals surface area contributed by atoms with E-state index < -0.39 is 0 Å². The largest absolute Gasteiger partial charge is 0.351 e. The van der Waals surface area contributed by atoms with Crippen LogP contribution >= 0.6 is 33.9 Å². The van der Waals surface area contributed by atoms with Crippen LogP contribution in [-0.2, 0) is 6.54 Å². The zero-order chi connectivity index (χ0) is 11.4. The van der Waals surface area contributed by atoms with Crippen LogP contribution in [0.3, 0.4) is 0 Å². The van der Waals surface area contributed by atoms with Crippen molar-refractivity contribution in [3.05, 3.63) is 38.5 Å². The smallest absolute Gasteiger partial charge is 0.145 e. The first-order chi connectivity index (χ1) is 7.81. The van der Waals surface area contributed by atoms with Gasteiger partial charge in [0.2, 0.25) is 0 Å². The van der Waals surface area contributed by atoms with Crippen LogP contribution in [0, 0.1) is 3.57 Å². The number of rotatable bonds is 4. The molecule has 84 valence electrons. The summed E-state index contributed by atoms with van der Waals surface area (Å²) in [5.74, 6) is 1.02. The predicted molar refractivity (Wildman–Crippen MR) is 75.8 cm³/mol. The van der Waals surface area contributed by atoms with E-state index in [9.17, 15) is 0 Å². The van der Waals surface area contributed by atoms with Crippen molar-refractivity contribution < 1.29 is 0 Å². The van der Waals surface area contributed by atoms with Crippen LogP contribution < -0.4 is 4.90 Å². The van der Waals surface area contributed by atoms with Crippen molar-refractivity contribution in [2.24, 2.45) is 0 Å². The van der Waals surface area contributed by atoms with Crippen LogP contribution in [0.5, 0.6) is 0 Å². The second-order valence-corrected chi connectivity index (χ2v) is 5.48. The van der Waals surface area contributed by atoms with Gasteiger partial charge in [-0.3, -0.25) is 0 Å². The van der Waals surface area contributed by atoms with Gasteiger partial charge in [-0.1, -0.05) is 6.07 Å². The summed E-state index contributed by atoms with van der Waals surface area (Å²) in [6.45, 7) is 4.01. The fourth-order valence-electron chi connectivity index (χ4n) is 1.47. The summed E-state index contributed by atoms with van der Waals surface area (Å²) >= 11 is 4.06. The minimum atomic E-state index is 0.918. The normalized spacial score (nSPS) is 10.4. The lowest BCUT2D eigenvalue weighted by Crippen LogP contribution is -2.23. The number of hydrogen-bond donors (Lipinski definition) is 0. The fourth-order valence-corrected chi connectivity index (χ4v) is 2.83. The van der Waals surface area contributed by atoms with Crippen molar-refractivity contribution in [1.82, 2.24) is 9.97 Å². The molecule has 2 aromatic heterocycles. The van der Waals surface area contributed by atoms with Crippen LogP contribution in [0.25, 0.3) is 0 Å². The van der Waals surface area contributed by atoms with Gasteiger partial charge in [-0.25, -0.2) is 9.97 Å². The molecule has 16 heavy (non-hydrogen) atoms. The Morgan fingerprint density at radius 3 is 3.00 bits per heavy atom. The third kappa shape index (κ3) is 2.70. The topological polar surface area (TPSA) is 29.0 Å². The molecule has 0 bridgehead atoms. The molecule has 0 radical (unpaired) electrons. The number of hydrogen-bond acceptors (Lipinski definition) is 4. The highest BCUT2D eigenvalue weighted by Crippen LogP contribution is 2.21. The van der Waals surface area contributed by atoms with Gasteiger partial charge in [0.05, 0.1) is 10.1 Å². The summed E-state index contributed by atoms with van der Waals surface area (Å²) in [6.07, 6.45) is 3.45. The van der Waals surface area contributed by atoms with Crippen LogP contribution in [-0.4, -0.2) is 16.5 Å². The van der Waals surface area contributed by atoms with Gasteiger partial charge >= 0.3 is 0 Å². The van der Waals surface area contributed by atoms with E-state index in [-0.39, 0.29) is 0 Å². The third-order valence-electron chi connectivity index (χ3n) is 2.26. The number of aromatic nitrogens is 2. The first-order valence-corrected chi connectivity index (χ1v) is 7.00. The predicted octanol–water partition coefficient (Wildman–Crippen LogP) is 3.17. The van der Waals surface area contributed by atoms with Gasteiger partial charge in [0, 0.05) is 17.6 Å². The Labute approximate surface area is 113 Å². The lowest BCUT2D eigenvalue weighted by Gasteiger charge is -2.21. The fraction of sp³-hybridized carbons (Fsp3) is 0.273. The average Bonchev–Trinajstić information content (AvgIpc) is 2.80. The Morgan fingerprint density at radius 1 is 1.50 bits per heavy atom. The first kappa shape index (κ1) is 11.8. The van der Waals surface area contributed by atoms with Crippen molar-refractivity contribution in [3.63, 3.8) is 0 Å². The quantitative estimate of drug-likeness (QED) is 0.797. The summed E-state index contributed by atoms with van der Waals surface area (Å²) in [6, 6.07) is 4.24. The Kier molecular flexibility index (Phi) is 4.11. The highest BCUT2D eigenvalue weighted by molar-refractivity contribution is 14.1. The number of halogens is 1. The Balaban J connectivity index is 2.20. The maximum atomic E-state index is 4.34. The molecular weight excluding hydrogens is 333 g/mol.